The smallest absolute Gasteiger partial charge is 0.216 e. The summed E-state index contributed by atoms with van der Waals surface area (Å²) in [6, 6.07) is 9.44. The van der Waals surface area contributed by atoms with Crippen molar-refractivity contribution in [1.29, 1.82) is 0 Å². The van der Waals surface area contributed by atoms with Crippen molar-refractivity contribution in [2.24, 2.45) is 0 Å². The van der Waals surface area contributed by atoms with Crippen molar-refractivity contribution in [3.63, 3.8) is 0 Å². The molecule has 2 heterocycles. The molecular formula is C15H17N5O2S. The molecule has 23 heavy (non-hydrogen) atoms. The Labute approximate surface area is 134 Å². The highest BCUT2D eigenvalue weighted by Gasteiger charge is 2.21. The van der Waals surface area contributed by atoms with Gasteiger partial charge >= 0.3 is 0 Å². The van der Waals surface area contributed by atoms with E-state index in [0.717, 1.165) is 22.5 Å². The van der Waals surface area contributed by atoms with Gasteiger partial charge in [-0.25, -0.2) is 22.6 Å². The molecule has 0 aliphatic rings. The van der Waals surface area contributed by atoms with Crippen molar-refractivity contribution >= 4 is 15.8 Å². The lowest BCUT2D eigenvalue weighted by molar-refractivity contribution is 0.571. The lowest BCUT2D eigenvalue weighted by atomic mass is 10.2. The largest absolute Gasteiger partial charge is 0.284 e. The average Bonchev–Trinajstić information content (AvgIpc) is 2.92. The van der Waals surface area contributed by atoms with Crippen molar-refractivity contribution in [3.8, 4) is 0 Å². The van der Waals surface area contributed by atoms with Crippen LogP contribution in [0, 0.1) is 20.8 Å². The first-order valence-corrected chi connectivity index (χ1v) is 8.60. The molecule has 0 fully saturated rings. The number of nitrogens with zero attached hydrogens (tertiary/aromatic N) is 4. The maximum atomic E-state index is 12.4. The Kier molecular flexibility index (Phi) is 3.87. The second-order valence-corrected chi connectivity index (χ2v) is 7.12. The number of rotatable bonds is 4. The number of benzene rings is 1. The maximum Gasteiger partial charge on any atom is 0.284 e. The number of nitrogens with one attached hydrogen (secondary N) is 1. The first-order valence-electron chi connectivity index (χ1n) is 7.11. The van der Waals surface area contributed by atoms with Crippen LogP contribution in [-0.4, -0.2) is 28.0 Å². The molecule has 7 nitrogen and oxygen atoms in total. The summed E-state index contributed by atoms with van der Waals surface area (Å²) in [6.45, 7) is 5.81. The number of fused-ring (bicyclic) bond motifs is 1. The van der Waals surface area contributed by atoms with Gasteiger partial charge in [-0.3, -0.25) is 0 Å². The van der Waals surface area contributed by atoms with Crippen LogP contribution >= 0.6 is 0 Å². The normalized spacial score (nSPS) is 12.0. The fraction of sp³-hybridized carbons (Fsp3) is 0.267. The summed E-state index contributed by atoms with van der Waals surface area (Å²) in [5, 5.41) is 3.77. The summed E-state index contributed by atoms with van der Waals surface area (Å²) in [6.07, 6.45) is 0. The summed E-state index contributed by atoms with van der Waals surface area (Å²) in [5.74, 6) is 0.276. The number of sulfonamides is 1. The first kappa shape index (κ1) is 15.6. The van der Waals surface area contributed by atoms with Crippen LogP contribution in [0.5, 0.6) is 0 Å². The third kappa shape index (κ3) is 3.22. The highest BCUT2D eigenvalue weighted by molar-refractivity contribution is 7.89. The van der Waals surface area contributed by atoms with Gasteiger partial charge in [-0.05, 0) is 32.4 Å². The summed E-state index contributed by atoms with van der Waals surface area (Å²) in [7, 11) is -3.79. The Balaban J connectivity index is 1.87. The predicted molar refractivity (Wildman–Crippen MR) is 85.5 cm³/mol. The summed E-state index contributed by atoms with van der Waals surface area (Å²) in [5.41, 5.74) is 3.53. The van der Waals surface area contributed by atoms with E-state index >= 15 is 0 Å². The minimum Gasteiger partial charge on any atom is -0.216 e. The molecule has 2 aromatic heterocycles. The molecule has 3 aromatic rings. The second kappa shape index (κ2) is 5.71. The Bertz CT molecular complexity index is 961. The van der Waals surface area contributed by atoms with Gasteiger partial charge in [0, 0.05) is 17.9 Å². The molecule has 0 atom stereocenters. The number of aryl methyl sites for hydroxylation is 3. The molecule has 0 aliphatic carbocycles. The lowest BCUT2D eigenvalue weighted by Crippen LogP contribution is -2.24. The van der Waals surface area contributed by atoms with E-state index in [1.807, 2.05) is 51.1 Å². The van der Waals surface area contributed by atoms with Crippen LogP contribution in [0.3, 0.4) is 0 Å². The molecule has 0 saturated heterocycles. The zero-order valence-electron chi connectivity index (χ0n) is 13.1. The first-order chi connectivity index (χ1) is 10.8. The zero-order chi connectivity index (χ0) is 16.6. The summed E-state index contributed by atoms with van der Waals surface area (Å²) in [4.78, 5) is 8.22. The molecule has 1 aromatic carbocycles. The third-order valence-electron chi connectivity index (χ3n) is 3.43. The molecule has 0 aliphatic heterocycles. The van der Waals surface area contributed by atoms with Crippen LogP contribution in [0.1, 0.15) is 22.5 Å². The molecule has 120 valence electrons. The molecule has 1 N–H and O–H groups in total. The summed E-state index contributed by atoms with van der Waals surface area (Å²) < 4.78 is 28.7. The van der Waals surface area contributed by atoms with E-state index in [1.165, 1.54) is 4.52 Å². The van der Waals surface area contributed by atoms with Crippen molar-refractivity contribution < 1.29 is 8.42 Å². The maximum absolute atomic E-state index is 12.4. The monoisotopic (exact) mass is 331 g/mol. The Hall–Kier alpha value is -2.32. The van der Waals surface area contributed by atoms with Gasteiger partial charge in [-0.1, -0.05) is 29.8 Å². The fourth-order valence-electron chi connectivity index (χ4n) is 2.21. The van der Waals surface area contributed by atoms with Gasteiger partial charge in [-0.2, -0.15) is 4.98 Å². The van der Waals surface area contributed by atoms with Crippen molar-refractivity contribution in [1.82, 2.24) is 24.3 Å². The van der Waals surface area contributed by atoms with Gasteiger partial charge in [0.15, 0.2) is 0 Å². The second-order valence-electron chi connectivity index (χ2n) is 5.46. The summed E-state index contributed by atoms with van der Waals surface area (Å²) >= 11 is 0. The van der Waals surface area contributed by atoms with Crippen LogP contribution in [0.15, 0.2) is 35.5 Å². The SMILES string of the molecule is Cc1ccc(CNS(=O)(=O)c2nc3nc(C)cc(C)n3n2)cc1. The van der Waals surface area contributed by atoms with E-state index < -0.39 is 10.0 Å². The van der Waals surface area contributed by atoms with E-state index in [2.05, 4.69) is 19.8 Å². The van der Waals surface area contributed by atoms with E-state index in [0.29, 0.717) is 0 Å². The van der Waals surface area contributed by atoms with E-state index in [9.17, 15) is 8.42 Å². The van der Waals surface area contributed by atoms with Gasteiger partial charge in [-0.15, -0.1) is 5.10 Å². The van der Waals surface area contributed by atoms with Crippen LogP contribution in [0.2, 0.25) is 0 Å². The van der Waals surface area contributed by atoms with Gasteiger partial charge in [0.05, 0.1) is 0 Å². The van der Waals surface area contributed by atoms with Crippen LogP contribution in [0.25, 0.3) is 5.78 Å². The highest BCUT2D eigenvalue weighted by atomic mass is 32.2. The third-order valence-corrected chi connectivity index (χ3v) is 4.60. The quantitative estimate of drug-likeness (QED) is 0.783. The molecule has 0 amide bonds. The highest BCUT2D eigenvalue weighted by Crippen LogP contribution is 2.10. The minimum absolute atomic E-state index is 0.184. The van der Waals surface area contributed by atoms with Crippen LogP contribution < -0.4 is 4.72 Å². The number of hydrogen-bond donors (Lipinski definition) is 1. The van der Waals surface area contributed by atoms with Gasteiger partial charge in [0.25, 0.3) is 21.0 Å². The molecule has 0 spiro atoms. The lowest BCUT2D eigenvalue weighted by Gasteiger charge is -2.03. The van der Waals surface area contributed by atoms with E-state index in [4.69, 9.17) is 0 Å². The predicted octanol–water partition coefficient (Wildman–Crippen LogP) is 1.53. The van der Waals surface area contributed by atoms with E-state index in [1.54, 1.807) is 0 Å². The topological polar surface area (TPSA) is 89.2 Å². The zero-order valence-corrected chi connectivity index (χ0v) is 13.9. The minimum atomic E-state index is -3.79. The average molecular weight is 331 g/mol. The van der Waals surface area contributed by atoms with Crippen molar-refractivity contribution in [2.75, 3.05) is 0 Å². The van der Waals surface area contributed by atoms with Crippen molar-refractivity contribution in [3.05, 3.63) is 52.8 Å². The van der Waals surface area contributed by atoms with Crippen LogP contribution in [-0.2, 0) is 16.6 Å². The number of hydrogen-bond acceptors (Lipinski definition) is 5. The number of aromatic nitrogens is 4. The fourth-order valence-corrected chi connectivity index (χ4v) is 3.09. The molecule has 0 unspecified atom stereocenters. The molecule has 0 bridgehead atoms. The Morgan fingerprint density at radius 1 is 1.09 bits per heavy atom. The van der Waals surface area contributed by atoms with E-state index in [-0.39, 0.29) is 17.5 Å². The Morgan fingerprint density at radius 2 is 1.78 bits per heavy atom. The molecule has 8 heteroatoms. The standard InChI is InChI=1S/C15H17N5O2S/c1-10-4-6-13(7-5-10)9-16-23(21,22)15-18-14-17-11(2)8-12(3)20(14)19-15/h4-8,16H,9H2,1-3H3. The molecule has 0 radical (unpaired) electrons. The molecule has 0 saturated carbocycles. The van der Waals surface area contributed by atoms with Gasteiger partial charge < -0.3 is 0 Å². The van der Waals surface area contributed by atoms with Crippen molar-refractivity contribution in [2.45, 2.75) is 32.5 Å². The van der Waals surface area contributed by atoms with Gasteiger partial charge in [0.1, 0.15) is 0 Å². The Morgan fingerprint density at radius 3 is 2.48 bits per heavy atom. The van der Waals surface area contributed by atoms with Crippen LogP contribution in [0.4, 0.5) is 0 Å². The van der Waals surface area contributed by atoms with Gasteiger partial charge in [0.2, 0.25) is 0 Å². The molecular weight excluding hydrogens is 314 g/mol. The molecule has 3 rings (SSSR count).